The van der Waals surface area contributed by atoms with Gasteiger partial charge in [-0.1, -0.05) is 52.6 Å². The summed E-state index contributed by atoms with van der Waals surface area (Å²) in [6.45, 7) is 3.98. The first kappa shape index (κ1) is 17.8. The molecule has 0 saturated carbocycles. The highest BCUT2D eigenvalue weighted by Crippen LogP contribution is 2.38. The van der Waals surface area contributed by atoms with Crippen LogP contribution in [0.3, 0.4) is 0 Å². The molecule has 1 heterocycles. The minimum Gasteiger partial charge on any atom is -0.384 e. The van der Waals surface area contributed by atoms with Crippen molar-refractivity contribution in [3.8, 4) is 0 Å². The number of amides is 1. The van der Waals surface area contributed by atoms with Gasteiger partial charge in [0.1, 0.15) is 0 Å². The Bertz CT molecular complexity index is 814. The Morgan fingerprint density at radius 2 is 1.84 bits per heavy atom. The summed E-state index contributed by atoms with van der Waals surface area (Å²) >= 11 is 12.2. The van der Waals surface area contributed by atoms with E-state index in [4.69, 9.17) is 28.0 Å². The predicted molar refractivity (Wildman–Crippen MR) is 100 cm³/mol. The third kappa shape index (κ3) is 4.14. The van der Waals surface area contributed by atoms with Crippen LogP contribution >= 0.6 is 23.2 Å². The van der Waals surface area contributed by atoms with Gasteiger partial charge in [0.05, 0.1) is 5.71 Å². The lowest BCUT2D eigenvalue weighted by Gasteiger charge is -2.22. The lowest BCUT2D eigenvalue weighted by Crippen LogP contribution is -2.22. The van der Waals surface area contributed by atoms with E-state index in [-0.39, 0.29) is 5.91 Å². The highest BCUT2D eigenvalue weighted by molar-refractivity contribution is 6.34. The maximum atomic E-state index is 11.0. The number of nitrogens with one attached hydrogen (secondary N) is 1. The van der Waals surface area contributed by atoms with Gasteiger partial charge in [-0.05, 0) is 36.2 Å². The van der Waals surface area contributed by atoms with Crippen molar-refractivity contribution < 1.29 is 9.63 Å². The standard InChI is InChI=1S/C19H18Cl2N2O2/c1-12(24)22-11-13-3-5-14(6-4-13)18-10-19(2,25-23-18)15-7-16(20)9-17(21)8-15/h3-9H,10-11H2,1-2H3,(H,22,24). The van der Waals surface area contributed by atoms with Crippen molar-refractivity contribution in [1.82, 2.24) is 5.32 Å². The van der Waals surface area contributed by atoms with Crippen LogP contribution in [0.5, 0.6) is 0 Å². The fourth-order valence-corrected chi connectivity index (χ4v) is 3.28. The molecule has 1 aliphatic heterocycles. The second-order valence-corrected chi connectivity index (χ2v) is 7.17. The summed E-state index contributed by atoms with van der Waals surface area (Å²) in [6.07, 6.45) is 0.620. The predicted octanol–water partition coefficient (Wildman–Crippen LogP) is 4.67. The number of hydrogen-bond donors (Lipinski definition) is 1. The van der Waals surface area contributed by atoms with Crippen molar-refractivity contribution >= 4 is 34.8 Å². The van der Waals surface area contributed by atoms with Gasteiger partial charge >= 0.3 is 0 Å². The molecule has 1 N–H and O–H groups in total. The SMILES string of the molecule is CC(=O)NCc1ccc(C2=NOC(C)(c3cc(Cl)cc(Cl)c3)C2)cc1. The Kier molecular flexibility index (Phi) is 5.02. The molecule has 2 aromatic rings. The zero-order valence-electron chi connectivity index (χ0n) is 14.0. The van der Waals surface area contributed by atoms with E-state index < -0.39 is 5.60 Å². The number of hydrogen-bond acceptors (Lipinski definition) is 3. The molecule has 2 aromatic carbocycles. The molecule has 0 bridgehead atoms. The smallest absolute Gasteiger partial charge is 0.217 e. The molecule has 4 nitrogen and oxygen atoms in total. The van der Waals surface area contributed by atoms with Crippen LogP contribution in [0.2, 0.25) is 10.0 Å². The van der Waals surface area contributed by atoms with E-state index in [1.165, 1.54) is 6.92 Å². The molecule has 0 radical (unpaired) electrons. The summed E-state index contributed by atoms with van der Waals surface area (Å²) in [4.78, 5) is 16.7. The number of benzene rings is 2. The van der Waals surface area contributed by atoms with Gasteiger partial charge in [0.25, 0.3) is 0 Å². The van der Waals surface area contributed by atoms with E-state index in [2.05, 4.69) is 10.5 Å². The molecule has 1 amide bonds. The molecule has 0 aliphatic carbocycles. The lowest BCUT2D eigenvalue weighted by atomic mass is 9.89. The maximum absolute atomic E-state index is 11.0. The van der Waals surface area contributed by atoms with E-state index in [1.807, 2.05) is 43.3 Å². The second kappa shape index (κ2) is 7.06. The molecular formula is C19H18Cl2N2O2. The van der Waals surface area contributed by atoms with Crippen LogP contribution < -0.4 is 5.32 Å². The molecule has 130 valence electrons. The van der Waals surface area contributed by atoms with E-state index in [0.717, 1.165) is 22.4 Å². The highest BCUT2D eigenvalue weighted by atomic mass is 35.5. The van der Waals surface area contributed by atoms with Crippen molar-refractivity contribution in [3.63, 3.8) is 0 Å². The molecule has 6 heteroatoms. The zero-order chi connectivity index (χ0) is 18.0. The van der Waals surface area contributed by atoms with Gasteiger partial charge in [-0.3, -0.25) is 4.79 Å². The van der Waals surface area contributed by atoms with Crippen molar-refractivity contribution in [1.29, 1.82) is 0 Å². The Morgan fingerprint density at radius 1 is 1.20 bits per heavy atom. The third-order valence-electron chi connectivity index (χ3n) is 4.16. The van der Waals surface area contributed by atoms with Crippen LogP contribution in [0.1, 0.15) is 37.0 Å². The summed E-state index contributed by atoms with van der Waals surface area (Å²) in [6, 6.07) is 13.3. The first-order valence-electron chi connectivity index (χ1n) is 7.91. The van der Waals surface area contributed by atoms with Crippen molar-refractivity contribution in [3.05, 3.63) is 69.2 Å². The van der Waals surface area contributed by atoms with Crippen molar-refractivity contribution in [2.24, 2.45) is 5.16 Å². The largest absolute Gasteiger partial charge is 0.384 e. The molecular weight excluding hydrogens is 359 g/mol. The monoisotopic (exact) mass is 376 g/mol. The van der Waals surface area contributed by atoms with E-state index in [9.17, 15) is 4.79 Å². The average molecular weight is 377 g/mol. The first-order chi connectivity index (χ1) is 11.9. The topological polar surface area (TPSA) is 50.7 Å². The molecule has 1 aliphatic rings. The van der Waals surface area contributed by atoms with E-state index in [1.54, 1.807) is 6.07 Å². The number of carbonyl (C=O) groups excluding carboxylic acids is 1. The highest BCUT2D eigenvalue weighted by Gasteiger charge is 2.37. The van der Waals surface area contributed by atoms with E-state index in [0.29, 0.717) is 23.0 Å². The molecule has 1 unspecified atom stereocenters. The van der Waals surface area contributed by atoms with Crippen LogP contribution in [0.25, 0.3) is 0 Å². The zero-order valence-corrected chi connectivity index (χ0v) is 15.5. The van der Waals surface area contributed by atoms with Crippen molar-refractivity contribution in [2.75, 3.05) is 0 Å². The summed E-state index contributed by atoms with van der Waals surface area (Å²) in [5, 5.41) is 8.18. The Labute approximate surface area is 156 Å². The molecule has 3 rings (SSSR count). The Morgan fingerprint density at radius 3 is 2.44 bits per heavy atom. The fourth-order valence-electron chi connectivity index (χ4n) is 2.75. The molecule has 0 saturated heterocycles. The van der Waals surface area contributed by atoms with Crippen LogP contribution in [0.4, 0.5) is 0 Å². The molecule has 25 heavy (non-hydrogen) atoms. The van der Waals surface area contributed by atoms with E-state index >= 15 is 0 Å². The summed E-state index contributed by atoms with van der Waals surface area (Å²) in [5.74, 6) is -0.0476. The van der Waals surface area contributed by atoms with Crippen LogP contribution in [-0.2, 0) is 21.8 Å². The van der Waals surface area contributed by atoms with Crippen LogP contribution in [0.15, 0.2) is 47.6 Å². The van der Waals surface area contributed by atoms with Gasteiger partial charge in [-0.15, -0.1) is 0 Å². The quantitative estimate of drug-likeness (QED) is 0.842. The normalized spacial score (nSPS) is 19.3. The van der Waals surface area contributed by atoms with Gasteiger partial charge in [-0.25, -0.2) is 0 Å². The van der Waals surface area contributed by atoms with Crippen LogP contribution in [-0.4, -0.2) is 11.6 Å². The summed E-state index contributed by atoms with van der Waals surface area (Å²) in [7, 11) is 0. The van der Waals surface area contributed by atoms with Gasteiger partial charge in [0.2, 0.25) is 5.91 Å². The molecule has 0 aromatic heterocycles. The number of halogens is 2. The second-order valence-electron chi connectivity index (χ2n) is 6.30. The van der Waals surface area contributed by atoms with Gasteiger partial charge in [-0.2, -0.15) is 0 Å². The lowest BCUT2D eigenvalue weighted by molar-refractivity contribution is -0.119. The number of rotatable bonds is 4. The van der Waals surface area contributed by atoms with Gasteiger partial charge in [0.15, 0.2) is 5.60 Å². The summed E-state index contributed by atoms with van der Waals surface area (Å²) in [5.41, 5.74) is 3.18. The molecule has 1 atom stereocenters. The molecule has 0 spiro atoms. The number of carbonyl (C=O) groups is 1. The number of oxime groups is 1. The van der Waals surface area contributed by atoms with Gasteiger partial charge < -0.3 is 10.2 Å². The fraction of sp³-hybridized carbons (Fsp3) is 0.263. The summed E-state index contributed by atoms with van der Waals surface area (Å²) < 4.78 is 0. The maximum Gasteiger partial charge on any atom is 0.217 e. The number of nitrogens with zero attached hydrogens (tertiary/aromatic N) is 1. The third-order valence-corrected chi connectivity index (χ3v) is 4.60. The minimum atomic E-state index is -0.598. The minimum absolute atomic E-state index is 0.0476. The Hall–Kier alpha value is -2.04. The van der Waals surface area contributed by atoms with Crippen molar-refractivity contribution in [2.45, 2.75) is 32.4 Å². The average Bonchev–Trinajstić information content (AvgIpc) is 2.96. The molecule has 0 fully saturated rings. The van der Waals surface area contributed by atoms with Crippen LogP contribution in [0, 0.1) is 0 Å². The first-order valence-corrected chi connectivity index (χ1v) is 8.67. The van der Waals surface area contributed by atoms with Gasteiger partial charge in [0, 0.05) is 35.5 Å². The Balaban J connectivity index is 1.74.